The van der Waals surface area contributed by atoms with Crippen molar-refractivity contribution in [2.24, 2.45) is 0 Å². The van der Waals surface area contributed by atoms with Gasteiger partial charge in [-0.15, -0.1) is 0 Å². The van der Waals surface area contributed by atoms with Crippen molar-refractivity contribution in [3.63, 3.8) is 0 Å². The summed E-state index contributed by atoms with van der Waals surface area (Å²) in [4.78, 5) is -0.769. The summed E-state index contributed by atoms with van der Waals surface area (Å²) in [5, 5.41) is 8.76. The molecule has 0 saturated carbocycles. The summed E-state index contributed by atoms with van der Waals surface area (Å²) < 4.78 is 45.7. The van der Waals surface area contributed by atoms with Crippen molar-refractivity contribution in [1.29, 1.82) is 5.26 Å². The molecular formula is C9H9NO4S2. The van der Waals surface area contributed by atoms with Gasteiger partial charge in [-0.2, -0.15) is 5.26 Å². The van der Waals surface area contributed by atoms with Crippen LogP contribution in [-0.2, 0) is 19.7 Å². The zero-order valence-electron chi connectivity index (χ0n) is 8.63. The Morgan fingerprint density at radius 2 is 1.62 bits per heavy atom. The Bertz CT molecular complexity index is 666. The molecule has 16 heavy (non-hydrogen) atoms. The molecule has 0 saturated heterocycles. The highest BCUT2D eigenvalue weighted by Gasteiger charge is 2.23. The maximum Gasteiger partial charge on any atom is 0.178 e. The van der Waals surface area contributed by atoms with Crippen LogP contribution < -0.4 is 0 Å². The van der Waals surface area contributed by atoms with E-state index in [-0.39, 0.29) is 10.5 Å². The van der Waals surface area contributed by atoms with Crippen LogP contribution >= 0.6 is 0 Å². The molecule has 0 aliphatic carbocycles. The van der Waals surface area contributed by atoms with E-state index in [4.69, 9.17) is 5.26 Å². The molecule has 7 heteroatoms. The zero-order valence-corrected chi connectivity index (χ0v) is 10.3. The Labute approximate surface area is 94.2 Å². The minimum absolute atomic E-state index is 0.162. The smallest absolute Gasteiger partial charge is 0.178 e. The highest BCUT2D eigenvalue weighted by molar-refractivity contribution is 7.93. The Kier molecular flexibility index (Phi) is 3.08. The van der Waals surface area contributed by atoms with Crippen LogP contribution in [0.2, 0.25) is 0 Å². The maximum absolute atomic E-state index is 11.5. The summed E-state index contributed by atoms with van der Waals surface area (Å²) in [6.07, 6.45) is 1.77. The maximum atomic E-state index is 11.5. The second-order valence-electron chi connectivity index (χ2n) is 3.29. The number of hydrogen-bond donors (Lipinski definition) is 0. The van der Waals surface area contributed by atoms with E-state index >= 15 is 0 Å². The van der Waals surface area contributed by atoms with Crippen LogP contribution in [0.15, 0.2) is 28.0 Å². The lowest BCUT2D eigenvalue weighted by Gasteiger charge is -2.07. The molecule has 5 nitrogen and oxygen atoms in total. The first-order valence-corrected chi connectivity index (χ1v) is 7.89. The lowest BCUT2D eigenvalue weighted by molar-refractivity contribution is 0.588. The molecular weight excluding hydrogens is 250 g/mol. The van der Waals surface area contributed by atoms with E-state index in [0.717, 1.165) is 12.5 Å². The third-order valence-corrected chi connectivity index (χ3v) is 4.32. The number of benzene rings is 1. The summed E-state index contributed by atoms with van der Waals surface area (Å²) in [7, 11) is -7.44. The van der Waals surface area contributed by atoms with E-state index in [1.807, 2.05) is 0 Å². The van der Waals surface area contributed by atoms with Gasteiger partial charge in [-0.3, -0.25) is 0 Å². The lowest BCUT2D eigenvalue weighted by atomic mass is 10.2. The first kappa shape index (κ1) is 12.7. The number of sulfone groups is 2. The average Bonchev–Trinajstić information content (AvgIpc) is 2.13. The first-order chi connectivity index (χ1) is 7.18. The number of nitriles is 1. The minimum atomic E-state index is -3.76. The molecule has 0 heterocycles. The van der Waals surface area contributed by atoms with Gasteiger partial charge in [0.1, 0.15) is 11.0 Å². The van der Waals surface area contributed by atoms with Crippen LogP contribution in [0.1, 0.15) is 5.56 Å². The van der Waals surface area contributed by atoms with Crippen LogP contribution in [0.4, 0.5) is 0 Å². The van der Waals surface area contributed by atoms with Crippen molar-refractivity contribution in [3.05, 3.63) is 23.8 Å². The van der Waals surface area contributed by atoms with E-state index in [1.54, 1.807) is 6.07 Å². The highest BCUT2D eigenvalue weighted by atomic mass is 32.2. The van der Waals surface area contributed by atoms with E-state index in [9.17, 15) is 16.8 Å². The van der Waals surface area contributed by atoms with E-state index < -0.39 is 24.6 Å². The van der Waals surface area contributed by atoms with E-state index in [0.29, 0.717) is 0 Å². The average molecular weight is 259 g/mol. The fourth-order valence-corrected chi connectivity index (χ4v) is 3.91. The molecule has 0 radical (unpaired) electrons. The zero-order chi connectivity index (χ0) is 12.6. The topological polar surface area (TPSA) is 92.1 Å². The monoisotopic (exact) mass is 259 g/mol. The minimum Gasteiger partial charge on any atom is -0.224 e. The molecule has 0 bridgehead atoms. The molecule has 0 aromatic heterocycles. The standard InChI is InChI=1S/C9H9NO4S2/c1-15(11,12)8-5-3-4-7(6-10)9(8)16(2,13)14/h3-5H,1-2H3. The van der Waals surface area contributed by atoms with Gasteiger partial charge in [-0.05, 0) is 12.1 Å². The molecule has 0 fully saturated rings. The molecule has 1 rings (SSSR count). The van der Waals surface area contributed by atoms with Gasteiger partial charge in [0.15, 0.2) is 19.7 Å². The quantitative estimate of drug-likeness (QED) is 0.764. The third kappa shape index (κ3) is 2.40. The van der Waals surface area contributed by atoms with Crippen LogP contribution in [0, 0.1) is 11.3 Å². The van der Waals surface area contributed by atoms with Crippen LogP contribution in [0.5, 0.6) is 0 Å². The van der Waals surface area contributed by atoms with Gasteiger partial charge in [0.2, 0.25) is 0 Å². The summed E-state index contributed by atoms with van der Waals surface area (Å²) in [5.41, 5.74) is -0.162. The van der Waals surface area contributed by atoms with Gasteiger partial charge in [0, 0.05) is 12.5 Å². The van der Waals surface area contributed by atoms with Crippen molar-refractivity contribution in [1.82, 2.24) is 0 Å². The molecule has 1 aromatic rings. The summed E-state index contributed by atoms with van der Waals surface area (Å²) in [6.45, 7) is 0. The summed E-state index contributed by atoms with van der Waals surface area (Å²) in [5.74, 6) is 0. The van der Waals surface area contributed by atoms with Gasteiger partial charge < -0.3 is 0 Å². The van der Waals surface area contributed by atoms with Gasteiger partial charge in [0.05, 0.1) is 10.5 Å². The fraction of sp³-hybridized carbons (Fsp3) is 0.222. The second kappa shape index (κ2) is 3.88. The van der Waals surface area contributed by atoms with Crippen LogP contribution in [0.25, 0.3) is 0 Å². The molecule has 0 amide bonds. The molecule has 0 unspecified atom stereocenters. The molecule has 86 valence electrons. The lowest BCUT2D eigenvalue weighted by Crippen LogP contribution is -2.09. The van der Waals surface area contributed by atoms with Gasteiger partial charge >= 0.3 is 0 Å². The van der Waals surface area contributed by atoms with Gasteiger partial charge in [0.25, 0.3) is 0 Å². The van der Waals surface area contributed by atoms with Crippen LogP contribution in [0.3, 0.4) is 0 Å². The largest absolute Gasteiger partial charge is 0.224 e. The number of hydrogen-bond acceptors (Lipinski definition) is 5. The normalized spacial score (nSPS) is 12.1. The third-order valence-electron chi connectivity index (χ3n) is 1.87. The highest BCUT2D eigenvalue weighted by Crippen LogP contribution is 2.24. The van der Waals surface area contributed by atoms with Crippen molar-refractivity contribution >= 4 is 19.7 Å². The molecule has 0 spiro atoms. The van der Waals surface area contributed by atoms with Crippen molar-refractivity contribution in [3.8, 4) is 6.07 Å². The molecule has 0 aliphatic rings. The molecule has 0 aliphatic heterocycles. The van der Waals surface area contributed by atoms with Crippen molar-refractivity contribution < 1.29 is 16.8 Å². The van der Waals surface area contributed by atoms with Crippen LogP contribution in [-0.4, -0.2) is 29.3 Å². The Hall–Kier alpha value is -1.39. The van der Waals surface area contributed by atoms with Crippen molar-refractivity contribution in [2.75, 3.05) is 12.5 Å². The molecule has 0 atom stereocenters. The SMILES string of the molecule is CS(=O)(=O)c1cccc(C#N)c1S(C)(=O)=O. The van der Waals surface area contributed by atoms with E-state index in [1.165, 1.54) is 18.2 Å². The summed E-state index contributed by atoms with van der Waals surface area (Å²) >= 11 is 0. The van der Waals surface area contributed by atoms with Crippen molar-refractivity contribution in [2.45, 2.75) is 9.79 Å². The van der Waals surface area contributed by atoms with Gasteiger partial charge in [-0.1, -0.05) is 6.07 Å². The predicted octanol–water partition coefficient (Wildman–Crippen LogP) is 0.365. The Morgan fingerprint density at radius 1 is 1.06 bits per heavy atom. The first-order valence-electron chi connectivity index (χ1n) is 4.11. The second-order valence-corrected chi connectivity index (χ2v) is 7.23. The fourth-order valence-electron chi connectivity index (χ4n) is 1.28. The number of nitrogens with zero attached hydrogens (tertiary/aromatic N) is 1. The Balaban J connectivity index is 3.88. The Morgan fingerprint density at radius 3 is 2.00 bits per heavy atom. The van der Waals surface area contributed by atoms with Gasteiger partial charge in [-0.25, -0.2) is 16.8 Å². The molecule has 1 aromatic carbocycles. The summed E-state index contributed by atoms with van der Waals surface area (Å²) in [6, 6.07) is 5.45. The predicted molar refractivity (Wildman–Crippen MR) is 57.4 cm³/mol. The van der Waals surface area contributed by atoms with E-state index in [2.05, 4.69) is 0 Å². The number of rotatable bonds is 2. The molecule has 0 N–H and O–H groups in total.